The van der Waals surface area contributed by atoms with E-state index < -0.39 is 0 Å². The van der Waals surface area contributed by atoms with Gasteiger partial charge in [-0.25, -0.2) is 0 Å². The van der Waals surface area contributed by atoms with Crippen LogP contribution in [0.15, 0.2) is 6.33 Å². The third-order valence-electron chi connectivity index (χ3n) is 3.49. The smallest absolute Gasteiger partial charge is 0.240 e. The van der Waals surface area contributed by atoms with Gasteiger partial charge in [0.15, 0.2) is 5.82 Å². The van der Waals surface area contributed by atoms with E-state index in [-0.39, 0.29) is 36.3 Å². The summed E-state index contributed by atoms with van der Waals surface area (Å²) in [5, 5.41) is 14.0. The molecule has 1 amide bonds. The quantitative estimate of drug-likeness (QED) is 0.863. The van der Waals surface area contributed by atoms with Crippen LogP contribution < -0.4 is 10.6 Å². The van der Waals surface area contributed by atoms with Gasteiger partial charge in [0, 0.05) is 7.05 Å². The molecule has 0 aliphatic carbocycles. The highest BCUT2D eigenvalue weighted by molar-refractivity contribution is 5.86. The second-order valence-corrected chi connectivity index (χ2v) is 4.51. The lowest BCUT2D eigenvalue weighted by Crippen LogP contribution is -2.52. The zero-order chi connectivity index (χ0) is 12.3. The number of nitrogens with zero attached hydrogens (tertiary/aromatic N) is 3. The average Bonchev–Trinajstić information content (AvgIpc) is 2.95. The first-order valence-electron chi connectivity index (χ1n) is 6.04. The number of aromatic nitrogens is 3. The Labute approximate surface area is 125 Å². The summed E-state index contributed by atoms with van der Waals surface area (Å²) in [6.07, 6.45) is 4.42. The Hall–Kier alpha value is -0.850. The van der Waals surface area contributed by atoms with E-state index >= 15 is 0 Å². The van der Waals surface area contributed by atoms with Crippen LogP contribution in [-0.2, 0) is 18.4 Å². The molecular weight excluding hydrogens is 289 g/mol. The minimum absolute atomic E-state index is 0. The summed E-state index contributed by atoms with van der Waals surface area (Å²) in [4.78, 5) is 12.2. The summed E-state index contributed by atoms with van der Waals surface area (Å²) in [6.45, 7) is 3.39. The molecule has 1 unspecified atom stereocenters. The maximum atomic E-state index is 12.2. The molecule has 1 aliphatic rings. The fourth-order valence-electron chi connectivity index (χ4n) is 2.26. The van der Waals surface area contributed by atoms with Gasteiger partial charge in [-0.2, -0.15) is 0 Å². The van der Waals surface area contributed by atoms with Gasteiger partial charge in [-0.1, -0.05) is 6.92 Å². The van der Waals surface area contributed by atoms with Crippen LogP contribution in [0.2, 0.25) is 0 Å². The van der Waals surface area contributed by atoms with Crippen LogP contribution in [-0.4, -0.2) is 32.8 Å². The van der Waals surface area contributed by atoms with Gasteiger partial charge >= 0.3 is 0 Å². The van der Waals surface area contributed by atoms with E-state index in [0.717, 1.165) is 31.6 Å². The first kappa shape index (κ1) is 18.1. The van der Waals surface area contributed by atoms with E-state index in [1.54, 1.807) is 10.9 Å². The molecule has 1 aliphatic heterocycles. The van der Waals surface area contributed by atoms with Gasteiger partial charge in [0.05, 0.1) is 12.1 Å². The summed E-state index contributed by atoms with van der Waals surface area (Å²) in [5.74, 6) is 0.836. The van der Waals surface area contributed by atoms with Gasteiger partial charge in [-0.05, 0) is 25.8 Å². The molecule has 0 bridgehead atoms. The lowest BCUT2D eigenvalue weighted by atomic mass is 9.93. The average molecular weight is 310 g/mol. The number of hydrogen-bond acceptors (Lipinski definition) is 4. The number of hydrogen-bond donors (Lipinski definition) is 2. The molecule has 0 aromatic carbocycles. The van der Waals surface area contributed by atoms with E-state index in [1.165, 1.54) is 0 Å². The fraction of sp³-hybridized carbons (Fsp3) is 0.727. The minimum Gasteiger partial charge on any atom is -0.347 e. The standard InChI is InChI=1S/C11H19N5O.2ClH/c1-3-11(5-4-6-13-11)10(17)12-7-9-15-14-8-16(9)2;;/h8,13H,3-7H2,1-2H3,(H,12,17);2*1H. The predicted molar refractivity (Wildman–Crippen MR) is 77.6 cm³/mol. The van der Waals surface area contributed by atoms with Gasteiger partial charge in [0.25, 0.3) is 0 Å². The van der Waals surface area contributed by atoms with Crippen LogP contribution in [0.1, 0.15) is 32.0 Å². The zero-order valence-electron chi connectivity index (χ0n) is 11.2. The fourth-order valence-corrected chi connectivity index (χ4v) is 2.26. The van der Waals surface area contributed by atoms with Crippen LogP contribution in [0.3, 0.4) is 0 Å². The molecule has 1 fully saturated rings. The minimum atomic E-state index is -0.376. The molecule has 1 saturated heterocycles. The number of carbonyl (C=O) groups is 1. The van der Waals surface area contributed by atoms with E-state index in [9.17, 15) is 4.79 Å². The van der Waals surface area contributed by atoms with E-state index in [1.807, 2.05) is 14.0 Å². The van der Waals surface area contributed by atoms with E-state index in [4.69, 9.17) is 0 Å². The molecule has 2 heterocycles. The lowest BCUT2D eigenvalue weighted by molar-refractivity contribution is -0.127. The van der Waals surface area contributed by atoms with Crippen LogP contribution in [0, 0.1) is 0 Å². The Kier molecular flexibility index (Phi) is 7.33. The molecule has 2 rings (SSSR count). The largest absolute Gasteiger partial charge is 0.347 e. The monoisotopic (exact) mass is 309 g/mol. The Bertz CT molecular complexity index is 404. The van der Waals surface area contributed by atoms with Crippen molar-refractivity contribution in [2.24, 2.45) is 7.05 Å². The van der Waals surface area contributed by atoms with Crippen molar-refractivity contribution in [1.82, 2.24) is 25.4 Å². The summed E-state index contributed by atoms with van der Waals surface area (Å²) in [5.41, 5.74) is -0.376. The molecule has 110 valence electrons. The van der Waals surface area contributed by atoms with Crippen molar-refractivity contribution in [3.63, 3.8) is 0 Å². The highest BCUT2D eigenvalue weighted by Gasteiger charge is 2.38. The third-order valence-corrected chi connectivity index (χ3v) is 3.49. The van der Waals surface area contributed by atoms with Crippen LogP contribution in [0.5, 0.6) is 0 Å². The maximum absolute atomic E-state index is 12.2. The van der Waals surface area contributed by atoms with Crippen molar-refractivity contribution >= 4 is 30.7 Å². The number of amides is 1. The lowest BCUT2D eigenvalue weighted by Gasteiger charge is -2.26. The second-order valence-electron chi connectivity index (χ2n) is 4.51. The number of aryl methyl sites for hydroxylation is 1. The predicted octanol–water partition coefficient (Wildman–Crippen LogP) is 0.807. The van der Waals surface area contributed by atoms with Crippen molar-refractivity contribution < 1.29 is 4.79 Å². The highest BCUT2D eigenvalue weighted by Crippen LogP contribution is 2.23. The summed E-state index contributed by atoms with van der Waals surface area (Å²) < 4.78 is 1.81. The molecule has 1 aromatic heterocycles. The molecular formula is C11H21Cl2N5O. The number of nitrogens with one attached hydrogen (secondary N) is 2. The molecule has 0 spiro atoms. The molecule has 19 heavy (non-hydrogen) atoms. The van der Waals surface area contributed by atoms with Crippen molar-refractivity contribution in [3.8, 4) is 0 Å². The zero-order valence-corrected chi connectivity index (χ0v) is 12.8. The molecule has 0 radical (unpaired) electrons. The van der Waals surface area contributed by atoms with E-state index in [0.29, 0.717) is 6.54 Å². The molecule has 1 atom stereocenters. The Morgan fingerprint density at radius 2 is 2.32 bits per heavy atom. The molecule has 8 heteroatoms. The summed E-state index contributed by atoms with van der Waals surface area (Å²) >= 11 is 0. The number of halogens is 2. The maximum Gasteiger partial charge on any atom is 0.240 e. The van der Waals surface area contributed by atoms with Crippen LogP contribution in [0.25, 0.3) is 0 Å². The summed E-state index contributed by atoms with van der Waals surface area (Å²) in [6, 6.07) is 0. The van der Waals surface area contributed by atoms with Gasteiger partial charge in [-0.15, -0.1) is 35.0 Å². The first-order chi connectivity index (χ1) is 8.18. The van der Waals surface area contributed by atoms with Crippen LogP contribution >= 0.6 is 24.8 Å². The third kappa shape index (κ3) is 3.81. The second kappa shape index (κ2) is 7.67. The van der Waals surface area contributed by atoms with Crippen molar-refractivity contribution in [3.05, 3.63) is 12.2 Å². The number of rotatable bonds is 4. The topological polar surface area (TPSA) is 71.8 Å². The van der Waals surface area contributed by atoms with E-state index in [2.05, 4.69) is 20.8 Å². The van der Waals surface area contributed by atoms with Crippen molar-refractivity contribution in [2.45, 2.75) is 38.3 Å². The Balaban J connectivity index is 0.00000162. The Morgan fingerprint density at radius 3 is 2.79 bits per heavy atom. The van der Waals surface area contributed by atoms with Crippen molar-refractivity contribution in [1.29, 1.82) is 0 Å². The van der Waals surface area contributed by atoms with Gasteiger partial charge in [-0.3, -0.25) is 4.79 Å². The molecule has 1 aromatic rings. The number of carbonyl (C=O) groups excluding carboxylic acids is 1. The Morgan fingerprint density at radius 1 is 1.58 bits per heavy atom. The normalized spacial score (nSPS) is 21.4. The molecule has 0 saturated carbocycles. The summed E-state index contributed by atoms with van der Waals surface area (Å²) in [7, 11) is 1.87. The molecule has 6 nitrogen and oxygen atoms in total. The van der Waals surface area contributed by atoms with Crippen LogP contribution in [0.4, 0.5) is 0 Å². The van der Waals surface area contributed by atoms with Crippen molar-refractivity contribution in [2.75, 3.05) is 6.54 Å². The van der Waals surface area contributed by atoms with Gasteiger partial charge < -0.3 is 15.2 Å². The van der Waals surface area contributed by atoms with Gasteiger partial charge in [0.2, 0.25) is 5.91 Å². The highest BCUT2D eigenvalue weighted by atomic mass is 35.5. The SMILES string of the molecule is CCC1(C(=O)NCc2nncn2C)CCCN1.Cl.Cl. The first-order valence-corrected chi connectivity index (χ1v) is 6.04. The molecule has 2 N–H and O–H groups in total. The van der Waals surface area contributed by atoms with Gasteiger partial charge in [0.1, 0.15) is 6.33 Å².